The molecular formula is C9H16O3. The minimum Gasteiger partial charge on any atom is -0.500 e. The quantitative estimate of drug-likeness (QED) is 0.368. The molecule has 0 aliphatic heterocycles. The predicted octanol–water partition coefficient (Wildman–Crippen LogP) is 1.74. The second-order valence-electron chi connectivity index (χ2n) is 3.02. The van der Waals surface area contributed by atoms with Crippen LogP contribution in [0.5, 0.6) is 0 Å². The standard InChI is InChI=1S/C9H16O3/c1-7(2)5-12-6-8(3)9(10)11-4/h6-7H,5H2,1-4H3. The van der Waals surface area contributed by atoms with Gasteiger partial charge < -0.3 is 9.47 Å². The second kappa shape index (κ2) is 5.63. The Labute approximate surface area is 73.4 Å². The number of rotatable bonds is 4. The van der Waals surface area contributed by atoms with Crippen molar-refractivity contribution in [2.75, 3.05) is 13.7 Å². The maximum absolute atomic E-state index is 10.8. The zero-order valence-electron chi connectivity index (χ0n) is 8.09. The molecule has 0 amide bonds. The summed E-state index contributed by atoms with van der Waals surface area (Å²) in [6.07, 6.45) is 1.44. The molecular weight excluding hydrogens is 156 g/mol. The average molecular weight is 172 g/mol. The molecule has 0 aromatic rings. The Bertz CT molecular complexity index is 171. The van der Waals surface area contributed by atoms with Crippen LogP contribution >= 0.6 is 0 Å². The number of esters is 1. The van der Waals surface area contributed by atoms with Crippen LogP contribution in [0.15, 0.2) is 11.8 Å². The van der Waals surface area contributed by atoms with Gasteiger partial charge in [-0.1, -0.05) is 13.8 Å². The van der Waals surface area contributed by atoms with E-state index in [1.165, 1.54) is 13.4 Å². The van der Waals surface area contributed by atoms with E-state index in [0.29, 0.717) is 18.1 Å². The van der Waals surface area contributed by atoms with E-state index in [9.17, 15) is 4.79 Å². The molecule has 3 heteroatoms. The van der Waals surface area contributed by atoms with Gasteiger partial charge in [0.1, 0.15) is 0 Å². The molecule has 0 radical (unpaired) electrons. The number of hydrogen-bond donors (Lipinski definition) is 0. The molecule has 0 saturated carbocycles. The molecule has 0 unspecified atom stereocenters. The first-order valence-electron chi connectivity index (χ1n) is 3.94. The van der Waals surface area contributed by atoms with Gasteiger partial charge in [-0.25, -0.2) is 4.79 Å². The van der Waals surface area contributed by atoms with Crippen molar-refractivity contribution in [1.29, 1.82) is 0 Å². The highest BCUT2D eigenvalue weighted by Crippen LogP contribution is 1.98. The summed E-state index contributed by atoms with van der Waals surface area (Å²) in [7, 11) is 1.35. The Hall–Kier alpha value is -0.990. The van der Waals surface area contributed by atoms with Gasteiger partial charge in [0.2, 0.25) is 0 Å². The minimum atomic E-state index is -0.348. The molecule has 12 heavy (non-hydrogen) atoms. The van der Waals surface area contributed by atoms with Gasteiger partial charge in [0.05, 0.1) is 25.6 Å². The molecule has 0 rings (SSSR count). The van der Waals surface area contributed by atoms with Gasteiger partial charge in [0, 0.05) is 0 Å². The number of hydrogen-bond acceptors (Lipinski definition) is 3. The van der Waals surface area contributed by atoms with Crippen LogP contribution < -0.4 is 0 Å². The van der Waals surface area contributed by atoms with E-state index < -0.39 is 0 Å². The summed E-state index contributed by atoms with van der Waals surface area (Å²) in [5, 5.41) is 0. The molecule has 0 bridgehead atoms. The third-order valence-corrected chi connectivity index (χ3v) is 1.20. The summed E-state index contributed by atoms with van der Waals surface area (Å²) in [4.78, 5) is 10.8. The van der Waals surface area contributed by atoms with Crippen LogP contribution in [0.4, 0.5) is 0 Å². The highest BCUT2D eigenvalue weighted by molar-refractivity contribution is 5.87. The monoisotopic (exact) mass is 172 g/mol. The van der Waals surface area contributed by atoms with E-state index in [0.717, 1.165) is 0 Å². The number of ether oxygens (including phenoxy) is 2. The summed E-state index contributed by atoms with van der Waals surface area (Å²) < 4.78 is 9.60. The Kier molecular flexibility index (Phi) is 5.17. The van der Waals surface area contributed by atoms with E-state index >= 15 is 0 Å². The van der Waals surface area contributed by atoms with Crippen LogP contribution in [-0.2, 0) is 14.3 Å². The van der Waals surface area contributed by atoms with Crippen LogP contribution in [-0.4, -0.2) is 19.7 Å². The fraction of sp³-hybridized carbons (Fsp3) is 0.667. The van der Waals surface area contributed by atoms with E-state index in [1.54, 1.807) is 6.92 Å². The van der Waals surface area contributed by atoms with E-state index in [-0.39, 0.29) is 5.97 Å². The highest BCUT2D eigenvalue weighted by Gasteiger charge is 2.02. The molecule has 0 aromatic carbocycles. The predicted molar refractivity (Wildman–Crippen MR) is 46.6 cm³/mol. The molecule has 0 aliphatic carbocycles. The van der Waals surface area contributed by atoms with Gasteiger partial charge in [-0.05, 0) is 12.8 Å². The molecule has 0 fully saturated rings. The fourth-order valence-corrected chi connectivity index (χ4v) is 0.575. The van der Waals surface area contributed by atoms with Gasteiger partial charge in [0.25, 0.3) is 0 Å². The molecule has 0 spiro atoms. The van der Waals surface area contributed by atoms with Crippen molar-refractivity contribution in [3.05, 3.63) is 11.8 Å². The summed E-state index contributed by atoms with van der Waals surface area (Å²) in [5.41, 5.74) is 0.484. The number of carbonyl (C=O) groups is 1. The van der Waals surface area contributed by atoms with Crippen LogP contribution in [0.2, 0.25) is 0 Å². The number of carbonyl (C=O) groups excluding carboxylic acids is 1. The van der Waals surface area contributed by atoms with Gasteiger partial charge in [-0.15, -0.1) is 0 Å². The van der Waals surface area contributed by atoms with Crippen molar-refractivity contribution in [2.24, 2.45) is 5.92 Å². The third-order valence-electron chi connectivity index (χ3n) is 1.20. The molecule has 0 aliphatic rings. The molecule has 0 N–H and O–H groups in total. The van der Waals surface area contributed by atoms with Crippen molar-refractivity contribution in [2.45, 2.75) is 20.8 Å². The molecule has 0 saturated heterocycles. The zero-order valence-corrected chi connectivity index (χ0v) is 8.09. The van der Waals surface area contributed by atoms with Crippen molar-refractivity contribution < 1.29 is 14.3 Å². The van der Waals surface area contributed by atoms with E-state index in [4.69, 9.17) is 4.74 Å². The molecule has 3 nitrogen and oxygen atoms in total. The lowest BCUT2D eigenvalue weighted by Crippen LogP contribution is -2.03. The Morgan fingerprint density at radius 1 is 1.50 bits per heavy atom. The first-order valence-corrected chi connectivity index (χ1v) is 3.94. The fourth-order valence-electron chi connectivity index (χ4n) is 0.575. The van der Waals surface area contributed by atoms with Gasteiger partial charge in [0.15, 0.2) is 0 Å². The van der Waals surface area contributed by atoms with E-state index in [1.807, 2.05) is 13.8 Å². The summed E-state index contributed by atoms with van der Waals surface area (Å²) in [6.45, 7) is 6.36. The van der Waals surface area contributed by atoms with Crippen molar-refractivity contribution in [3.63, 3.8) is 0 Å². The Morgan fingerprint density at radius 3 is 2.50 bits per heavy atom. The molecule has 70 valence electrons. The lowest BCUT2D eigenvalue weighted by molar-refractivity contribution is -0.136. The maximum Gasteiger partial charge on any atom is 0.336 e. The SMILES string of the molecule is COC(=O)C(C)=COCC(C)C. The number of methoxy groups -OCH3 is 1. The van der Waals surface area contributed by atoms with Crippen LogP contribution in [0.3, 0.4) is 0 Å². The Morgan fingerprint density at radius 2 is 2.08 bits per heavy atom. The van der Waals surface area contributed by atoms with Gasteiger partial charge >= 0.3 is 5.97 Å². The molecule has 0 atom stereocenters. The first kappa shape index (κ1) is 11.0. The van der Waals surface area contributed by atoms with Gasteiger partial charge in [-0.2, -0.15) is 0 Å². The average Bonchev–Trinajstić information content (AvgIpc) is 2.02. The zero-order chi connectivity index (χ0) is 9.56. The van der Waals surface area contributed by atoms with Crippen molar-refractivity contribution in [3.8, 4) is 0 Å². The lowest BCUT2D eigenvalue weighted by Gasteiger charge is -2.04. The normalized spacial score (nSPS) is 11.6. The second-order valence-corrected chi connectivity index (χ2v) is 3.02. The summed E-state index contributed by atoms with van der Waals surface area (Å²) in [6, 6.07) is 0. The minimum absolute atomic E-state index is 0.348. The Balaban J connectivity index is 3.76. The maximum atomic E-state index is 10.8. The van der Waals surface area contributed by atoms with Crippen LogP contribution in [0.1, 0.15) is 20.8 Å². The topological polar surface area (TPSA) is 35.5 Å². The van der Waals surface area contributed by atoms with Crippen LogP contribution in [0, 0.1) is 5.92 Å². The lowest BCUT2D eigenvalue weighted by atomic mass is 10.2. The highest BCUT2D eigenvalue weighted by atomic mass is 16.5. The molecule has 0 heterocycles. The van der Waals surface area contributed by atoms with Gasteiger partial charge in [-0.3, -0.25) is 0 Å². The first-order chi connectivity index (χ1) is 5.57. The smallest absolute Gasteiger partial charge is 0.336 e. The van der Waals surface area contributed by atoms with Crippen molar-refractivity contribution in [1.82, 2.24) is 0 Å². The molecule has 0 aromatic heterocycles. The summed E-state index contributed by atoms with van der Waals surface area (Å²) in [5.74, 6) is 0.116. The third kappa shape index (κ3) is 4.77. The largest absolute Gasteiger partial charge is 0.500 e. The summed E-state index contributed by atoms with van der Waals surface area (Å²) >= 11 is 0. The van der Waals surface area contributed by atoms with Crippen molar-refractivity contribution >= 4 is 5.97 Å². The van der Waals surface area contributed by atoms with E-state index in [2.05, 4.69) is 4.74 Å². The van der Waals surface area contributed by atoms with Crippen LogP contribution in [0.25, 0.3) is 0 Å².